The topological polar surface area (TPSA) is 106 Å². The van der Waals surface area contributed by atoms with Crippen LogP contribution in [0.5, 0.6) is 0 Å². The summed E-state index contributed by atoms with van der Waals surface area (Å²) in [5.74, 6) is 0.668. The van der Waals surface area contributed by atoms with Crippen LogP contribution in [0.4, 0.5) is 4.79 Å². The van der Waals surface area contributed by atoms with Crippen LogP contribution in [0.25, 0.3) is 0 Å². The van der Waals surface area contributed by atoms with Crippen molar-refractivity contribution in [3.05, 3.63) is 0 Å². The molecule has 8 heteroatoms. The van der Waals surface area contributed by atoms with E-state index in [-0.39, 0.29) is 11.8 Å². The first kappa shape index (κ1) is 18.9. The number of aliphatic imine (C=N–C) groups is 1. The first-order chi connectivity index (χ1) is 12.4. The molecule has 0 aromatic carbocycles. The predicted octanol–water partition coefficient (Wildman–Crippen LogP) is 0.567. The number of guanidine groups is 1. The molecule has 3 rings (SSSR count). The highest BCUT2D eigenvalue weighted by molar-refractivity contribution is 6.07. The van der Waals surface area contributed by atoms with Gasteiger partial charge in [0.25, 0.3) is 5.91 Å². The quantitative estimate of drug-likeness (QED) is 0.332. The van der Waals surface area contributed by atoms with Gasteiger partial charge in [0, 0.05) is 26.7 Å². The Kier molecular flexibility index (Phi) is 5.41. The first-order valence-electron chi connectivity index (χ1n) is 9.68. The average molecular weight is 365 g/mol. The van der Waals surface area contributed by atoms with Gasteiger partial charge in [0.15, 0.2) is 5.96 Å². The molecule has 2 heterocycles. The molecule has 0 spiro atoms. The van der Waals surface area contributed by atoms with E-state index < -0.39 is 17.2 Å². The molecule has 2 aliphatic heterocycles. The van der Waals surface area contributed by atoms with Crippen LogP contribution in [0, 0.1) is 5.92 Å². The summed E-state index contributed by atoms with van der Waals surface area (Å²) in [5, 5.41) is 19.1. The second kappa shape index (κ2) is 7.42. The number of likely N-dealkylation sites (tertiary alicyclic amines) is 1. The van der Waals surface area contributed by atoms with Crippen LogP contribution in [0.3, 0.4) is 0 Å². The molecule has 4 N–H and O–H groups in total. The summed E-state index contributed by atoms with van der Waals surface area (Å²) in [6.45, 7) is 3.86. The summed E-state index contributed by atoms with van der Waals surface area (Å²) in [7, 11) is 1.76. The van der Waals surface area contributed by atoms with Crippen molar-refractivity contribution in [2.45, 2.75) is 63.0 Å². The fraction of sp³-hybridized carbons (Fsp3) is 0.833. The molecule has 0 aromatic heterocycles. The van der Waals surface area contributed by atoms with Crippen LogP contribution in [0.2, 0.25) is 0 Å². The Morgan fingerprint density at radius 1 is 1.27 bits per heavy atom. The highest BCUT2D eigenvalue weighted by Crippen LogP contribution is 2.31. The zero-order chi connectivity index (χ0) is 18.8. The Hall–Kier alpha value is -1.83. The number of nitrogens with zero attached hydrogens (tertiary/aromatic N) is 2. The largest absolute Gasteiger partial charge is 0.388 e. The van der Waals surface area contributed by atoms with E-state index in [0.717, 1.165) is 57.6 Å². The van der Waals surface area contributed by atoms with Gasteiger partial charge in [0.1, 0.15) is 5.54 Å². The maximum absolute atomic E-state index is 12.1. The molecule has 146 valence electrons. The molecular formula is C18H31N5O3. The van der Waals surface area contributed by atoms with Gasteiger partial charge in [-0.1, -0.05) is 19.3 Å². The van der Waals surface area contributed by atoms with E-state index in [2.05, 4.69) is 25.8 Å². The molecule has 1 saturated carbocycles. The number of urea groups is 1. The minimum Gasteiger partial charge on any atom is -0.388 e. The van der Waals surface area contributed by atoms with Crippen LogP contribution in [-0.4, -0.2) is 65.7 Å². The second-order valence-corrected chi connectivity index (χ2v) is 8.06. The predicted molar refractivity (Wildman–Crippen MR) is 98.8 cm³/mol. The molecule has 0 bridgehead atoms. The van der Waals surface area contributed by atoms with E-state index in [0.29, 0.717) is 6.54 Å². The van der Waals surface area contributed by atoms with Crippen molar-refractivity contribution in [1.29, 1.82) is 0 Å². The maximum Gasteiger partial charge on any atom is 0.322 e. The number of amides is 3. The number of piperidine rings is 1. The van der Waals surface area contributed by atoms with Crippen LogP contribution in [-0.2, 0) is 4.79 Å². The molecule has 8 nitrogen and oxygen atoms in total. The smallest absolute Gasteiger partial charge is 0.322 e. The molecule has 2 saturated heterocycles. The minimum absolute atomic E-state index is 0.103. The molecule has 3 amide bonds. The summed E-state index contributed by atoms with van der Waals surface area (Å²) in [6, 6.07) is -0.405. The third kappa shape index (κ3) is 3.79. The van der Waals surface area contributed by atoms with Crippen molar-refractivity contribution in [2.24, 2.45) is 10.9 Å². The van der Waals surface area contributed by atoms with E-state index >= 15 is 0 Å². The normalized spacial score (nSPS) is 30.1. The monoisotopic (exact) mass is 365 g/mol. The van der Waals surface area contributed by atoms with E-state index in [9.17, 15) is 14.7 Å². The number of hydrogen-bond donors (Lipinski definition) is 4. The average Bonchev–Trinajstić information content (AvgIpc) is 2.89. The SMILES string of the molecule is CN=C(NCC1(O)CCCCC1)N1CCC(C2(C)NC(=O)NC2=O)CC1. The molecule has 26 heavy (non-hydrogen) atoms. The molecular weight excluding hydrogens is 334 g/mol. The maximum atomic E-state index is 12.1. The van der Waals surface area contributed by atoms with Gasteiger partial charge >= 0.3 is 6.03 Å². The molecule has 1 atom stereocenters. The van der Waals surface area contributed by atoms with Gasteiger partial charge in [-0.25, -0.2) is 4.79 Å². The zero-order valence-corrected chi connectivity index (χ0v) is 15.8. The summed E-state index contributed by atoms with van der Waals surface area (Å²) in [6.07, 6.45) is 6.64. The van der Waals surface area contributed by atoms with Gasteiger partial charge in [-0.2, -0.15) is 0 Å². The number of carbonyl (C=O) groups is 2. The van der Waals surface area contributed by atoms with Crippen molar-refractivity contribution in [1.82, 2.24) is 20.9 Å². The standard InChI is InChI=1S/C18H31N5O3/c1-17(14(24)21-16(25)22-17)13-6-10-23(11-7-13)15(19-2)20-12-18(26)8-4-3-5-9-18/h13,26H,3-12H2,1-2H3,(H,19,20)(H2,21,22,24,25). The second-order valence-electron chi connectivity index (χ2n) is 8.06. The molecule has 3 aliphatic rings. The number of nitrogens with one attached hydrogen (secondary N) is 3. The van der Waals surface area contributed by atoms with E-state index in [1.165, 1.54) is 6.42 Å². The highest BCUT2D eigenvalue weighted by Gasteiger charge is 2.48. The van der Waals surface area contributed by atoms with Gasteiger partial charge in [0.2, 0.25) is 0 Å². The Labute approximate surface area is 154 Å². The van der Waals surface area contributed by atoms with E-state index in [4.69, 9.17) is 0 Å². The molecule has 1 unspecified atom stereocenters. The highest BCUT2D eigenvalue weighted by atomic mass is 16.3. The van der Waals surface area contributed by atoms with Gasteiger partial charge in [0.05, 0.1) is 5.60 Å². The summed E-state index contributed by atoms with van der Waals surface area (Å²) in [5.41, 5.74) is -1.45. The lowest BCUT2D eigenvalue weighted by Crippen LogP contribution is -2.56. The molecule has 0 radical (unpaired) electrons. The lowest BCUT2D eigenvalue weighted by Gasteiger charge is -2.40. The molecule has 0 aromatic rings. The lowest BCUT2D eigenvalue weighted by atomic mass is 9.79. The Morgan fingerprint density at radius 3 is 2.46 bits per heavy atom. The van der Waals surface area contributed by atoms with E-state index in [1.807, 2.05) is 0 Å². The third-order valence-corrected chi connectivity index (χ3v) is 6.25. The van der Waals surface area contributed by atoms with Crippen molar-refractivity contribution >= 4 is 17.9 Å². The van der Waals surface area contributed by atoms with Crippen LogP contribution >= 0.6 is 0 Å². The van der Waals surface area contributed by atoms with Crippen LogP contribution < -0.4 is 16.0 Å². The summed E-state index contributed by atoms with van der Waals surface area (Å²) in [4.78, 5) is 30.1. The van der Waals surface area contributed by atoms with Crippen molar-refractivity contribution in [2.75, 3.05) is 26.7 Å². The van der Waals surface area contributed by atoms with Gasteiger partial charge in [-0.3, -0.25) is 15.1 Å². The van der Waals surface area contributed by atoms with Crippen molar-refractivity contribution < 1.29 is 14.7 Å². The van der Waals surface area contributed by atoms with Crippen LogP contribution in [0.15, 0.2) is 4.99 Å². The van der Waals surface area contributed by atoms with Gasteiger partial charge in [-0.05, 0) is 38.5 Å². The van der Waals surface area contributed by atoms with Gasteiger partial charge in [-0.15, -0.1) is 0 Å². The zero-order valence-electron chi connectivity index (χ0n) is 15.8. The summed E-state index contributed by atoms with van der Waals surface area (Å²) < 4.78 is 0. The fourth-order valence-corrected chi connectivity index (χ4v) is 4.48. The van der Waals surface area contributed by atoms with Gasteiger partial charge < -0.3 is 20.6 Å². The molecule has 1 aliphatic carbocycles. The third-order valence-electron chi connectivity index (χ3n) is 6.25. The summed E-state index contributed by atoms with van der Waals surface area (Å²) >= 11 is 0. The number of hydrogen-bond acceptors (Lipinski definition) is 4. The van der Waals surface area contributed by atoms with Crippen molar-refractivity contribution in [3.8, 4) is 0 Å². The van der Waals surface area contributed by atoms with Crippen LogP contribution in [0.1, 0.15) is 51.9 Å². The minimum atomic E-state index is -0.822. The number of rotatable bonds is 3. The number of imide groups is 1. The van der Waals surface area contributed by atoms with E-state index in [1.54, 1.807) is 14.0 Å². The Bertz CT molecular complexity index is 579. The number of carbonyl (C=O) groups excluding carboxylic acids is 2. The molecule has 3 fully saturated rings. The lowest BCUT2D eigenvalue weighted by molar-refractivity contribution is -0.125. The fourth-order valence-electron chi connectivity index (χ4n) is 4.48. The first-order valence-corrected chi connectivity index (χ1v) is 9.68. The Morgan fingerprint density at radius 2 is 1.92 bits per heavy atom. The number of aliphatic hydroxyl groups is 1. The Balaban J connectivity index is 1.53. The van der Waals surface area contributed by atoms with Crippen molar-refractivity contribution in [3.63, 3.8) is 0 Å².